The van der Waals surface area contributed by atoms with E-state index in [1.165, 1.54) is 5.56 Å². The lowest BCUT2D eigenvalue weighted by molar-refractivity contribution is -0.116. The predicted molar refractivity (Wildman–Crippen MR) is 129 cm³/mol. The van der Waals surface area contributed by atoms with Gasteiger partial charge in [0.15, 0.2) is 0 Å². The molecule has 0 unspecified atom stereocenters. The first-order chi connectivity index (χ1) is 14.4. The Morgan fingerprint density at radius 2 is 1.57 bits per heavy atom. The normalized spacial score (nSPS) is 13.3. The van der Waals surface area contributed by atoms with Gasteiger partial charge in [-0.05, 0) is 68.5 Å². The molecule has 2 aromatic carbocycles. The first-order valence-electron chi connectivity index (χ1n) is 10.6. The number of rotatable bonds is 2. The molecule has 1 heterocycles. The maximum absolute atomic E-state index is 11.7. The van der Waals surface area contributed by atoms with Gasteiger partial charge in [0.05, 0.1) is 0 Å². The van der Waals surface area contributed by atoms with E-state index in [9.17, 15) is 9.90 Å². The molecule has 30 heavy (non-hydrogen) atoms. The minimum Gasteiger partial charge on any atom is -0.508 e. The molecule has 1 aliphatic heterocycles. The van der Waals surface area contributed by atoms with Crippen LogP contribution in [0.5, 0.6) is 0 Å². The molecule has 3 N–H and O–H groups in total. The fraction of sp³-hybridized carbons (Fsp3) is 0.346. The van der Waals surface area contributed by atoms with E-state index in [2.05, 4.69) is 12.1 Å². The van der Waals surface area contributed by atoms with Gasteiger partial charge in [-0.25, -0.2) is 0 Å². The lowest BCUT2D eigenvalue weighted by Gasteiger charge is -2.29. The molecule has 4 heteroatoms. The van der Waals surface area contributed by atoms with Gasteiger partial charge < -0.3 is 15.7 Å². The molecule has 162 valence electrons. The van der Waals surface area contributed by atoms with E-state index >= 15 is 0 Å². The van der Waals surface area contributed by atoms with Gasteiger partial charge in [-0.1, -0.05) is 50.3 Å². The van der Waals surface area contributed by atoms with Crippen molar-refractivity contribution in [3.05, 3.63) is 71.4 Å². The number of amides is 1. The maximum atomic E-state index is 11.7. The van der Waals surface area contributed by atoms with Gasteiger partial charge in [0.2, 0.25) is 5.91 Å². The summed E-state index contributed by atoms with van der Waals surface area (Å²) in [5.74, 6) is 0.393. The van der Waals surface area contributed by atoms with Gasteiger partial charge in [0, 0.05) is 30.4 Å². The minimum atomic E-state index is 0.102. The Bertz CT molecular complexity index is 876. The van der Waals surface area contributed by atoms with Crippen molar-refractivity contribution in [3.8, 4) is 11.1 Å². The molecule has 0 aromatic heterocycles. The summed E-state index contributed by atoms with van der Waals surface area (Å²) in [6, 6.07) is 14.2. The van der Waals surface area contributed by atoms with E-state index in [1.54, 1.807) is 13.0 Å². The average molecular weight is 409 g/mol. The zero-order chi connectivity index (χ0) is 22.7. The lowest BCUT2D eigenvalue weighted by atomic mass is 9.95. The van der Waals surface area contributed by atoms with Crippen LogP contribution in [0.1, 0.15) is 59.1 Å². The van der Waals surface area contributed by atoms with Crippen LogP contribution in [0.4, 0.5) is 5.69 Å². The molecule has 2 aromatic rings. The van der Waals surface area contributed by atoms with Crippen molar-refractivity contribution >= 4 is 17.4 Å². The largest absolute Gasteiger partial charge is 0.508 e. The van der Waals surface area contributed by atoms with Gasteiger partial charge >= 0.3 is 0 Å². The fourth-order valence-corrected chi connectivity index (χ4v) is 3.10. The number of hydrogen-bond donors (Lipinski definition) is 2. The Balaban J connectivity index is 0.000000565. The van der Waals surface area contributed by atoms with Crippen LogP contribution in [0.15, 0.2) is 60.3 Å². The number of nitrogens with two attached hydrogens (primary N) is 1. The van der Waals surface area contributed by atoms with Crippen molar-refractivity contribution in [2.45, 2.75) is 54.4 Å². The summed E-state index contributed by atoms with van der Waals surface area (Å²) in [6.07, 6.45) is 5.55. The highest BCUT2D eigenvalue weighted by Gasteiger charge is 2.20. The zero-order valence-electron chi connectivity index (χ0n) is 19.2. The zero-order valence-corrected chi connectivity index (χ0v) is 19.2. The minimum absolute atomic E-state index is 0.102. The van der Waals surface area contributed by atoms with Crippen LogP contribution in [0.2, 0.25) is 0 Å². The number of fused-ring (bicyclic) bond motifs is 1. The predicted octanol–water partition coefficient (Wildman–Crippen LogP) is 6.47. The smallest absolute Gasteiger partial charge is 0.223 e. The maximum Gasteiger partial charge on any atom is 0.223 e. The van der Waals surface area contributed by atoms with E-state index in [1.807, 2.05) is 75.9 Å². The third-order valence-electron chi connectivity index (χ3n) is 4.82. The SMILES string of the molecule is C/C=C(\C)N.C/C=C(\O)c1ccc(-c2ccc3c(c2)CCCN3C(C)=O)cc1.CC. The van der Waals surface area contributed by atoms with Gasteiger partial charge in [0.25, 0.3) is 0 Å². The van der Waals surface area contributed by atoms with Gasteiger partial charge in [-0.3, -0.25) is 4.79 Å². The third-order valence-corrected chi connectivity index (χ3v) is 4.82. The van der Waals surface area contributed by atoms with Crippen LogP contribution in [-0.4, -0.2) is 17.6 Å². The van der Waals surface area contributed by atoms with Crippen LogP contribution in [-0.2, 0) is 11.2 Å². The number of carbonyl (C=O) groups excluding carboxylic acids is 1. The molecule has 1 aliphatic rings. The summed E-state index contributed by atoms with van der Waals surface area (Å²) in [5.41, 5.74) is 11.4. The number of nitrogens with zero attached hydrogens (tertiary/aromatic N) is 1. The number of allylic oxidation sites excluding steroid dienone is 3. The summed E-state index contributed by atoms with van der Waals surface area (Å²) in [7, 11) is 0. The molecular formula is C26H36N2O2. The quantitative estimate of drug-likeness (QED) is 0.560. The van der Waals surface area contributed by atoms with E-state index in [4.69, 9.17) is 5.73 Å². The van der Waals surface area contributed by atoms with Crippen molar-refractivity contribution < 1.29 is 9.90 Å². The Morgan fingerprint density at radius 3 is 2.07 bits per heavy atom. The van der Waals surface area contributed by atoms with Crippen LogP contribution in [0, 0.1) is 0 Å². The number of anilines is 1. The van der Waals surface area contributed by atoms with Crippen LogP contribution < -0.4 is 10.6 Å². The molecule has 0 saturated carbocycles. The van der Waals surface area contributed by atoms with Crippen LogP contribution in [0.3, 0.4) is 0 Å². The Labute approximate surface area is 181 Å². The van der Waals surface area contributed by atoms with Gasteiger partial charge in [-0.2, -0.15) is 0 Å². The molecule has 0 bridgehead atoms. The Kier molecular flexibility index (Phi) is 10.5. The number of benzene rings is 2. The third kappa shape index (κ3) is 6.80. The summed E-state index contributed by atoms with van der Waals surface area (Å²) in [5, 5.41) is 9.75. The topological polar surface area (TPSA) is 66.6 Å². The monoisotopic (exact) mass is 408 g/mol. The van der Waals surface area contributed by atoms with Crippen LogP contribution in [0.25, 0.3) is 16.9 Å². The van der Waals surface area contributed by atoms with Crippen molar-refractivity contribution in [1.29, 1.82) is 0 Å². The molecular weight excluding hydrogens is 372 g/mol. The summed E-state index contributed by atoms with van der Waals surface area (Å²) >= 11 is 0. The summed E-state index contributed by atoms with van der Waals surface area (Å²) in [4.78, 5) is 13.6. The van der Waals surface area contributed by atoms with Gasteiger partial charge in [0.1, 0.15) is 5.76 Å². The van der Waals surface area contributed by atoms with E-state index in [0.29, 0.717) is 5.76 Å². The van der Waals surface area contributed by atoms with Gasteiger partial charge in [-0.15, -0.1) is 0 Å². The number of aryl methyl sites for hydroxylation is 1. The molecule has 0 saturated heterocycles. The fourth-order valence-electron chi connectivity index (χ4n) is 3.10. The second-order valence-corrected chi connectivity index (χ2v) is 6.90. The van der Waals surface area contributed by atoms with E-state index in [-0.39, 0.29) is 5.91 Å². The molecule has 0 radical (unpaired) electrons. The molecule has 3 rings (SSSR count). The standard InChI is InChI=1S/C20H21NO2.C4H9N.C2H6/c1-3-20(23)16-8-6-15(7-9-16)17-10-11-19-18(13-17)5-4-12-21(19)14(2)22;1-3-4(2)5;1-2/h3,6-11,13,23H,4-5,12H2,1-2H3;3H,5H2,1-2H3;1-2H3/b20-3-;4-3+;. The Hall–Kier alpha value is -3.01. The number of carbonyl (C=O) groups is 1. The number of hydrogen-bond acceptors (Lipinski definition) is 3. The number of aliphatic hydroxyl groups is 1. The molecule has 4 nitrogen and oxygen atoms in total. The van der Waals surface area contributed by atoms with Crippen molar-refractivity contribution in [1.82, 2.24) is 0 Å². The van der Waals surface area contributed by atoms with Crippen molar-refractivity contribution in [2.75, 3.05) is 11.4 Å². The second kappa shape index (κ2) is 12.5. The molecule has 0 fully saturated rings. The Morgan fingerprint density at radius 1 is 1.00 bits per heavy atom. The number of aliphatic hydroxyl groups excluding tert-OH is 1. The molecule has 0 spiro atoms. The summed E-state index contributed by atoms with van der Waals surface area (Å²) in [6.45, 7) is 12.0. The highest BCUT2D eigenvalue weighted by molar-refractivity contribution is 5.93. The molecule has 0 aliphatic carbocycles. The van der Waals surface area contributed by atoms with E-state index in [0.717, 1.165) is 47.5 Å². The van der Waals surface area contributed by atoms with Crippen molar-refractivity contribution in [3.63, 3.8) is 0 Å². The van der Waals surface area contributed by atoms with E-state index < -0.39 is 0 Å². The second-order valence-electron chi connectivity index (χ2n) is 6.90. The average Bonchev–Trinajstić information content (AvgIpc) is 2.79. The first kappa shape index (κ1) is 25.0. The highest BCUT2D eigenvalue weighted by Crippen LogP contribution is 2.32. The van der Waals surface area contributed by atoms with Crippen molar-refractivity contribution in [2.24, 2.45) is 5.73 Å². The highest BCUT2D eigenvalue weighted by atomic mass is 16.3. The van der Waals surface area contributed by atoms with Crippen LogP contribution >= 0.6 is 0 Å². The summed E-state index contributed by atoms with van der Waals surface area (Å²) < 4.78 is 0. The molecule has 1 amide bonds. The molecule has 0 atom stereocenters. The first-order valence-corrected chi connectivity index (χ1v) is 10.6. The lowest BCUT2D eigenvalue weighted by Crippen LogP contribution is -2.33.